The van der Waals surface area contributed by atoms with Crippen LogP contribution in [0, 0.1) is 5.82 Å². The van der Waals surface area contributed by atoms with Crippen molar-refractivity contribution in [3.63, 3.8) is 0 Å². The van der Waals surface area contributed by atoms with Crippen LogP contribution >= 0.6 is 0 Å². The number of hydrogen-bond acceptors (Lipinski definition) is 3. The molecule has 1 aliphatic heterocycles. The second kappa shape index (κ2) is 7.72. The lowest BCUT2D eigenvalue weighted by molar-refractivity contribution is 0.0112. The van der Waals surface area contributed by atoms with Gasteiger partial charge in [0.15, 0.2) is 0 Å². The van der Waals surface area contributed by atoms with Crippen molar-refractivity contribution in [2.24, 2.45) is 0 Å². The highest BCUT2D eigenvalue weighted by Crippen LogP contribution is 2.19. The van der Waals surface area contributed by atoms with Gasteiger partial charge >= 0.3 is 0 Å². The van der Waals surface area contributed by atoms with Gasteiger partial charge in [0.2, 0.25) is 0 Å². The molecule has 0 bridgehead atoms. The predicted octanol–water partition coefficient (Wildman–Crippen LogP) is 2.75. The summed E-state index contributed by atoms with van der Waals surface area (Å²) in [5.41, 5.74) is 0.788. The number of piperidine rings is 1. The lowest BCUT2D eigenvalue weighted by atomic mass is 10.0. The highest BCUT2D eigenvalue weighted by Gasteiger charge is 2.19. The Morgan fingerprint density at radius 1 is 1.30 bits per heavy atom. The molecule has 1 saturated heterocycles. The van der Waals surface area contributed by atoms with E-state index in [-0.39, 0.29) is 5.82 Å². The van der Waals surface area contributed by atoms with Gasteiger partial charge in [0.05, 0.1) is 12.2 Å². The Balaban J connectivity index is 1.71. The van der Waals surface area contributed by atoms with Crippen molar-refractivity contribution in [1.82, 2.24) is 4.90 Å². The minimum absolute atomic E-state index is 0.265. The summed E-state index contributed by atoms with van der Waals surface area (Å²) in [5.74, 6) is -0.265. The Kier molecular flexibility index (Phi) is 5.95. The summed E-state index contributed by atoms with van der Waals surface area (Å²) in [6.07, 6.45) is 2.71. The van der Waals surface area contributed by atoms with Gasteiger partial charge in [-0.05, 0) is 43.9 Å². The van der Waals surface area contributed by atoms with E-state index in [9.17, 15) is 9.50 Å². The Labute approximate surface area is 120 Å². The molecule has 3 nitrogen and oxygen atoms in total. The monoisotopic (exact) mass is 281 g/mol. The summed E-state index contributed by atoms with van der Waals surface area (Å²) in [7, 11) is 0. The number of aliphatic hydroxyl groups excluding tert-OH is 1. The van der Waals surface area contributed by atoms with Gasteiger partial charge < -0.3 is 14.7 Å². The number of rotatable bonds is 6. The molecule has 1 unspecified atom stereocenters. The lowest BCUT2D eigenvalue weighted by Gasteiger charge is -2.32. The Bertz CT molecular complexity index is 388. The molecule has 1 fully saturated rings. The van der Waals surface area contributed by atoms with Crippen molar-refractivity contribution >= 4 is 0 Å². The van der Waals surface area contributed by atoms with Gasteiger partial charge in [0, 0.05) is 26.2 Å². The van der Waals surface area contributed by atoms with Crippen molar-refractivity contribution < 1.29 is 14.2 Å². The van der Waals surface area contributed by atoms with E-state index in [0.29, 0.717) is 12.5 Å². The minimum Gasteiger partial charge on any atom is -0.388 e. The van der Waals surface area contributed by atoms with Crippen molar-refractivity contribution in [2.75, 3.05) is 26.2 Å². The molecule has 1 aromatic carbocycles. The van der Waals surface area contributed by atoms with E-state index in [4.69, 9.17) is 4.74 Å². The number of likely N-dealkylation sites (tertiary alicyclic amines) is 1. The number of hydrogen-bond donors (Lipinski definition) is 1. The van der Waals surface area contributed by atoms with Crippen LogP contribution in [0.4, 0.5) is 4.39 Å². The maximum absolute atomic E-state index is 12.8. The largest absolute Gasteiger partial charge is 0.388 e. The van der Waals surface area contributed by atoms with Gasteiger partial charge in [-0.15, -0.1) is 0 Å². The standard InChI is InChI=1S/C16H24FNO2/c1-2-20-15-7-10-18(11-8-15)12-9-16(19)13-3-5-14(17)6-4-13/h3-6,15-16,19H,2,7-12H2,1H3. The Morgan fingerprint density at radius 3 is 2.55 bits per heavy atom. The summed E-state index contributed by atoms with van der Waals surface area (Å²) >= 11 is 0. The fourth-order valence-corrected chi connectivity index (χ4v) is 2.69. The highest BCUT2D eigenvalue weighted by atomic mass is 19.1. The first-order chi connectivity index (χ1) is 9.69. The van der Waals surface area contributed by atoms with Gasteiger partial charge in [-0.3, -0.25) is 0 Å². The van der Waals surface area contributed by atoms with Gasteiger partial charge in [0.1, 0.15) is 5.82 Å². The second-order valence-corrected chi connectivity index (χ2v) is 5.35. The average molecular weight is 281 g/mol. The molecular weight excluding hydrogens is 257 g/mol. The molecule has 0 aromatic heterocycles. The first kappa shape index (κ1) is 15.4. The molecule has 112 valence electrons. The van der Waals surface area contributed by atoms with Crippen molar-refractivity contribution in [3.8, 4) is 0 Å². The third-order valence-electron chi connectivity index (χ3n) is 3.91. The third-order valence-corrected chi connectivity index (χ3v) is 3.91. The van der Waals surface area contributed by atoms with E-state index in [0.717, 1.165) is 44.6 Å². The molecule has 1 aliphatic rings. The smallest absolute Gasteiger partial charge is 0.123 e. The van der Waals surface area contributed by atoms with Gasteiger partial charge in [-0.25, -0.2) is 4.39 Å². The van der Waals surface area contributed by atoms with Crippen LogP contribution in [0.5, 0.6) is 0 Å². The van der Waals surface area contributed by atoms with E-state index < -0.39 is 6.10 Å². The maximum atomic E-state index is 12.8. The first-order valence-corrected chi connectivity index (χ1v) is 7.46. The molecule has 20 heavy (non-hydrogen) atoms. The maximum Gasteiger partial charge on any atom is 0.123 e. The number of halogens is 1. The Hall–Kier alpha value is -0.970. The SMILES string of the molecule is CCOC1CCN(CCC(O)c2ccc(F)cc2)CC1. The minimum atomic E-state index is -0.514. The zero-order valence-electron chi connectivity index (χ0n) is 12.1. The molecule has 2 rings (SSSR count). The summed E-state index contributed by atoms with van der Waals surface area (Å²) in [4.78, 5) is 2.36. The second-order valence-electron chi connectivity index (χ2n) is 5.35. The molecule has 1 heterocycles. The van der Waals surface area contributed by atoms with E-state index in [1.54, 1.807) is 12.1 Å². The lowest BCUT2D eigenvalue weighted by Crippen LogP contribution is -2.37. The molecule has 0 spiro atoms. The molecule has 0 radical (unpaired) electrons. The topological polar surface area (TPSA) is 32.7 Å². The van der Waals surface area contributed by atoms with Crippen LogP contribution in [0.25, 0.3) is 0 Å². The molecule has 1 aromatic rings. The normalized spacial score (nSPS) is 19.1. The molecule has 0 aliphatic carbocycles. The number of aliphatic hydroxyl groups is 1. The molecule has 1 N–H and O–H groups in total. The molecule has 0 amide bonds. The molecule has 4 heteroatoms. The van der Waals surface area contributed by atoms with Crippen LogP contribution in [-0.2, 0) is 4.74 Å². The summed E-state index contributed by atoms with van der Waals surface area (Å²) in [6, 6.07) is 6.10. The van der Waals surface area contributed by atoms with E-state index in [1.165, 1.54) is 12.1 Å². The zero-order chi connectivity index (χ0) is 14.4. The molecular formula is C16H24FNO2. The Morgan fingerprint density at radius 2 is 1.95 bits per heavy atom. The van der Waals surface area contributed by atoms with Crippen LogP contribution in [0.3, 0.4) is 0 Å². The first-order valence-electron chi connectivity index (χ1n) is 7.46. The number of benzene rings is 1. The number of nitrogens with zero attached hydrogens (tertiary/aromatic N) is 1. The fourth-order valence-electron chi connectivity index (χ4n) is 2.69. The van der Waals surface area contributed by atoms with E-state index >= 15 is 0 Å². The molecule has 1 atom stereocenters. The zero-order valence-corrected chi connectivity index (χ0v) is 12.1. The van der Waals surface area contributed by atoms with Crippen LogP contribution in [0.2, 0.25) is 0 Å². The van der Waals surface area contributed by atoms with Crippen LogP contribution in [-0.4, -0.2) is 42.4 Å². The predicted molar refractivity (Wildman–Crippen MR) is 77.1 cm³/mol. The van der Waals surface area contributed by atoms with E-state index in [2.05, 4.69) is 4.90 Å². The quantitative estimate of drug-likeness (QED) is 0.870. The van der Waals surface area contributed by atoms with Crippen molar-refractivity contribution in [1.29, 1.82) is 0 Å². The van der Waals surface area contributed by atoms with Gasteiger partial charge in [0.25, 0.3) is 0 Å². The fraction of sp³-hybridized carbons (Fsp3) is 0.625. The highest BCUT2D eigenvalue weighted by molar-refractivity contribution is 5.18. The van der Waals surface area contributed by atoms with Crippen molar-refractivity contribution in [3.05, 3.63) is 35.6 Å². The summed E-state index contributed by atoms with van der Waals surface area (Å²) in [6.45, 7) is 5.75. The number of ether oxygens (including phenoxy) is 1. The van der Waals surface area contributed by atoms with E-state index in [1.807, 2.05) is 6.92 Å². The summed E-state index contributed by atoms with van der Waals surface area (Å²) < 4.78 is 18.5. The van der Waals surface area contributed by atoms with Crippen LogP contribution < -0.4 is 0 Å². The summed E-state index contributed by atoms with van der Waals surface area (Å²) in [5, 5.41) is 10.1. The molecule has 0 saturated carbocycles. The third kappa shape index (κ3) is 4.54. The van der Waals surface area contributed by atoms with Crippen molar-refractivity contribution in [2.45, 2.75) is 38.4 Å². The van der Waals surface area contributed by atoms with Gasteiger partial charge in [-0.2, -0.15) is 0 Å². The van der Waals surface area contributed by atoms with Gasteiger partial charge in [-0.1, -0.05) is 12.1 Å². The van der Waals surface area contributed by atoms with Crippen LogP contribution in [0.15, 0.2) is 24.3 Å². The average Bonchev–Trinajstić information content (AvgIpc) is 2.47. The van der Waals surface area contributed by atoms with Crippen LogP contribution in [0.1, 0.15) is 37.9 Å².